The Kier molecular flexibility index (Phi) is 7.71. The molecule has 0 atom stereocenters. The van der Waals surface area contributed by atoms with Crippen molar-refractivity contribution >= 4 is 29.9 Å². The molecule has 142 valence electrons. The van der Waals surface area contributed by atoms with Crippen LogP contribution in [0.25, 0.3) is 11.3 Å². The number of aromatic amines is 1. The zero-order valence-corrected chi connectivity index (χ0v) is 17.0. The van der Waals surface area contributed by atoms with E-state index in [0.717, 1.165) is 35.3 Å². The number of benzene rings is 2. The van der Waals surface area contributed by atoms with E-state index in [4.69, 9.17) is 0 Å². The first kappa shape index (κ1) is 20.8. The summed E-state index contributed by atoms with van der Waals surface area (Å²) < 4.78 is 26.9. The molecule has 0 aliphatic heterocycles. The monoisotopic (exact) mass is 483 g/mol. The third kappa shape index (κ3) is 5.75. The lowest BCUT2D eigenvalue weighted by molar-refractivity contribution is 0.581. The number of aliphatic imine (C=N–C) groups is 1. The highest BCUT2D eigenvalue weighted by Crippen LogP contribution is 2.15. The van der Waals surface area contributed by atoms with E-state index in [1.54, 1.807) is 13.2 Å². The highest BCUT2D eigenvalue weighted by molar-refractivity contribution is 14.0. The molecule has 0 aliphatic carbocycles. The van der Waals surface area contributed by atoms with Gasteiger partial charge in [0.25, 0.3) is 0 Å². The zero-order chi connectivity index (χ0) is 18.4. The van der Waals surface area contributed by atoms with Crippen LogP contribution in [0.3, 0.4) is 0 Å². The lowest BCUT2D eigenvalue weighted by Crippen LogP contribution is -2.36. The van der Waals surface area contributed by atoms with Crippen LogP contribution in [0, 0.1) is 11.6 Å². The SMILES string of the molecule is CN=C(NCc1ncc(-c2ccccc2)[nH]1)NCc1cc(F)ccc1F.I. The number of nitrogens with one attached hydrogen (secondary N) is 3. The summed E-state index contributed by atoms with van der Waals surface area (Å²) >= 11 is 0. The van der Waals surface area contributed by atoms with Crippen LogP contribution >= 0.6 is 24.0 Å². The van der Waals surface area contributed by atoms with E-state index in [1.807, 2.05) is 30.3 Å². The summed E-state index contributed by atoms with van der Waals surface area (Å²) in [4.78, 5) is 11.6. The maximum absolute atomic E-state index is 13.7. The summed E-state index contributed by atoms with van der Waals surface area (Å²) in [7, 11) is 1.61. The molecule has 1 aromatic heterocycles. The van der Waals surface area contributed by atoms with Gasteiger partial charge in [-0.25, -0.2) is 13.8 Å². The predicted octanol–water partition coefficient (Wildman–Crippen LogP) is 3.84. The second-order valence-electron chi connectivity index (χ2n) is 5.62. The summed E-state index contributed by atoms with van der Waals surface area (Å²) in [5, 5.41) is 6.04. The van der Waals surface area contributed by atoms with Gasteiger partial charge in [0.2, 0.25) is 0 Å². The van der Waals surface area contributed by atoms with Crippen molar-refractivity contribution in [3.8, 4) is 11.3 Å². The van der Waals surface area contributed by atoms with Crippen LogP contribution < -0.4 is 10.6 Å². The number of nitrogens with zero attached hydrogens (tertiary/aromatic N) is 2. The number of halogens is 3. The fourth-order valence-corrected chi connectivity index (χ4v) is 2.46. The summed E-state index contributed by atoms with van der Waals surface area (Å²) in [6.07, 6.45) is 1.77. The molecule has 3 rings (SSSR count). The van der Waals surface area contributed by atoms with Gasteiger partial charge in [0, 0.05) is 19.2 Å². The van der Waals surface area contributed by atoms with Gasteiger partial charge < -0.3 is 15.6 Å². The van der Waals surface area contributed by atoms with E-state index in [0.29, 0.717) is 12.5 Å². The van der Waals surface area contributed by atoms with Crippen LogP contribution in [0.15, 0.2) is 59.7 Å². The molecule has 1 heterocycles. The van der Waals surface area contributed by atoms with Crippen LogP contribution in [0.5, 0.6) is 0 Å². The van der Waals surface area contributed by atoms with Gasteiger partial charge in [-0.15, -0.1) is 24.0 Å². The van der Waals surface area contributed by atoms with Crippen LogP contribution in [0.1, 0.15) is 11.4 Å². The van der Waals surface area contributed by atoms with Gasteiger partial charge in [-0.1, -0.05) is 30.3 Å². The van der Waals surface area contributed by atoms with E-state index in [1.165, 1.54) is 0 Å². The molecule has 0 saturated carbocycles. The minimum atomic E-state index is -0.477. The standard InChI is InChI=1S/C19H19F2N5.HI/c1-22-19(24-10-14-9-15(20)7-8-16(14)21)25-12-18-23-11-17(26-18)13-5-3-2-4-6-13;/h2-9,11H,10,12H2,1H3,(H,23,26)(H2,22,24,25);1H. The Hall–Kier alpha value is -2.49. The van der Waals surface area contributed by atoms with Crippen LogP contribution in [0.4, 0.5) is 8.78 Å². The number of hydrogen-bond donors (Lipinski definition) is 3. The van der Waals surface area contributed by atoms with Gasteiger partial charge in [-0.05, 0) is 23.8 Å². The minimum absolute atomic E-state index is 0. The lowest BCUT2D eigenvalue weighted by atomic mass is 10.2. The van der Waals surface area contributed by atoms with Gasteiger partial charge >= 0.3 is 0 Å². The lowest BCUT2D eigenvalue weighted by Gasteiger charge is -2.11. The number of guanidine groups is 1. The Morgan fingerprint density at radius 2 is 1.81 bits per heavy atom. The maximum Gasteiger partial charge on any atom is 0.191 e. The molecule has 27 heavy (non-hydrogen) atoms. The number of imidazole rings is 1. The highest BCUT2D eigenvalue weighted by atomic mass is 127. The van der Waals surface area contributed by atoms with E-state index in [2.05, 4.69) is 25.6 Å². The van der Waals surface area contributed by atoms with Gasteiger partial charge in [0.15, 0.2) is 5.96 Å². The van der Waals surface area contributed by atoms with Gasteiger partial charge in [0.05, 0.1) is 18.4 Å². The zero-order valence-electron chi connectivity index (χ0n) is 14.7. The Labute approximate surface area is 173 Å². The topological polar surface area (TPSA) is 65.1 Å². The van der Waals surface area contributed by atoms with Gasteiger partial charge in [-0.3, -0.25) is 4.99 Å². The molecule has 0 amide bonds. The van der Waals surface area contributed by atoms with Crippen molar-refractivity contribution in [1.82, 2.24) is 20.6 Å². The average Bonchev–Trinajstić information content (AvgIpc) is 3.14. The Balaban J connectivity index is 0.00000261. The molecule has 0 fully saturated rings. The quantitative estimate of drug-likeness (QED) is 0.294. The molecule has 3 N–H and O–H groups in total. The highest BCUT2D eigenvalue weighted by Gasteiger charge is 2.07. The molecule has 2 aromatic carbocycles. The molecule has 0 spiro atoms. The minimum Gasteiger partial charge on any atom is -0.352 e. The molecule has 0 bridgehead atoms. The first-order valence-electron chi connectivity index (χ1n) is 8.13. The smallest absolute Gasteiger partial charge is 0.191 e. The number of hydrogen-bond acceptors (Lipinski definition) is 2. The normalized spacial score (nSPS) is 11.0. The molecule has 3 aromatic rings. The molecule has 0 radical (unpaired) electrons. The summed E-state index contributed by atoms with van der Waals surface area (Å²) in [6.45, 7) is 0.537. The van der Waals surface area contributed by atoms with Crippen molar-refractivity contribution < 1.29 is 8.78 Å². The molecule has 0 saturated heterocycles. The Morgan fingerprint density at radius 1 is 1.07 bits per heavy atom. The molecular weight excluding hydrogens is 463 g/mol. The molecule has 0 aliphatic rings. The molecule has 8 heteroatoms. The second-order valence-corrected chi connectivity index (χ2v) is 5.62. The van der Waals surface area contributed by atoms with Crippen molar-refractivity contribution in [3.05, 3.63) is 77.8 Å². The molecule has 0 unspecified atom stereocenters. The first-order valence-corrected chi connectivity index (χ1v) is 8.13. The van der Waals surface area contributed by atoms with Crippen molar-refractivity contribution in [2.75, 3.05) is 7.05 Å². The fourth-order valence-electron chi connectivity index (χ4n) is 2.46. The van der Waals surface area contributed by atoms with Crippen LogP contribution in [-0.4, -0.2) is 23.0 Å². The molecule has 5 nitrogen and oxygen atoms in total. The number of H-pyrrole nitrogens is 1. The average molecular weight is 483 g/mol. The summed E-state index contributed by atoms with van der Waals surface area (Å²) in [6, 6.07) is 13.2. The van der Waals surface area contributed by atoms with Crippen molar-refractivity contribution in [3.63, 3.8) is 0 Å². The van der Waals surface area contributed by atoms with Gasteiger partial charge in [-0.2, -0.15) is 0 Å². The Morgan fingerprint density at radius 3 is 2.56 bits per heavy atom. The third-order valence-corrected chi connectivity index (χ3v) is 3.81. The first-order chi connectivity index (χ1) is 12.7. The summed E-state index contributed by atoms with van der Waals surface area (Å²) in [5.74, 6) is 0.262. The Bertz CT molecular complexity index is 896. The fraction of sp³-hybridized carbons (Fsp3) is 0.158. The number of rotatable bonds is 5. The third-order valence-electron chi connectivity index (χ3n) is 3.81. The van der Waals surface area contributed by atoms with Crippen molar-refractivity contribution in [2.45, 2.75) is 13.1 Å². The largest absolute Gasteiger partial charge is 0.352 e. The van der Waals surface area contributed by atoms with Gasteiger partial charge in [0.1, 0.15) is 17.5 Å². The van der Waals surface area contributed by atoms with E-state index in [-0.39, 0.29) is 36.1 Å². The van der Waals surface area contributed by atoms with Crippen molar-refractivity contribution in [1.29, 1.82) is 0 Å². The van der Waals surface area contributed by atoms with Crippen LogP contribution in [-0.2, 0) is 13.1 Å². The van der Waals surface area contributed by atoms with E-state index < -0.39 is 11.6 Å². The maximum atomic E-state index is 13.7. The second kappa shape index (κ2) is 10.0. The molecular formula is C19H20F2IN5. The van der Waals surface area contributed by atoms with E-state index >= 15 is 0 Å². The number of aromatic nitrogens is 2. The van der Waals surface area contributed by atoms with E-state index in [9.17, 15) is 8.78 Å². The summed E-state index contributed by atoms with van der Waals surface area (Å²) in [5.41, 5.74) is 2.21. The van der Waals surface area contributed by atoms with Crippen LogP contribution in [0.2, 0.25) is 0 Å². The predicted molar refractivity (Wildman–Crippen MR) is 113 cm³/mol. The van der Waals surface area contributed by atoms with Crippen molar-refractivity contribution in [2.24, 2.45) is 4.99 Å².